The molecule has 0 unspecified atom stereocenters. The van der Waals surface area contributed by atoms with Crippen LogP contribution in [0.25, 0.3) is 0 Å². The molecule has 2 aromatic carbocycles. The van der Waals surface area contributed by atoms with Gasteiger partial charge in [0.15, 0.2) is 5.11 Å². The largest absolute Gasteiger partial charge is 0.467 e. The third-order valence-corrected chi connectivity index (χ3v) is 6.80. The van der Waals surface area contributed by atoms with Crippen LogP contribution in [0.3, 0.4) is 0 Å². The third kappa shape index (κ3) is 5.77. The van der Waals surface area contributed by atoms with Crippen LogP contribution < -0.4 is 10.2 Å². The number of rotatable bonds is 8. The SMILES string of the molecule is CCCCN1CCCc2cc(CN(Cc3ccco3)C(=S)Nc3c(C)cccc3C)ccc21. The molecule has 1 N–H and O–H groups in total. The standard InChI is InChI=1S/C28H35N3OS/c1-4-5-15-30-16-7-11-24-18-23(13-14-26(24)30)19-31(20-25-12-8-17-32-25)28(33)29-27-21(2)9-6-10-22(27)3/h6,8-10,12-14,17-18H,4-5,7,11,15-16,19-20H2,1-3H3,(H,29,33). The number of aryl methyl sites for hydroxylation is 3. The molecule has 33 heavy (non-hydrogen) atoms. The minimum absolute atomic E-state index is 0.628. The van der Waals surface area contributed by atoms with Crippen LogP contribution in [0.15, 0.2) is 59.2 Å². The van der Waals surface area contributed by atoms with Gasteiger partial charge in [-0.2, -0.15) is 0 Å². The van der Waals surface area contributed by atoms with Crippen molar-refractivity contribution in [2.45, 2.75) is 59.5 Å². The first-order valence-corrected chi connectivity index (χ1v) is 12.5. The lowest BCUT2D eigenvalue weighted by atomic mass is 9.98. The lowest BCUT2D eigenvalue weighted by Gasteiger charge is -2.32. The molecule has 1 aromatic heterocycles. The quantitative estimate of drug-likeness (QED) is 0.371. The van der Waals surface area contributed by atoms with Crippen molar-refractivity contribution < 1.29 is 4.42 Å². The van der Waals surface area contributed by atoms with Gasteiger partial charge in [-0.3, -0.25) is 0 Å². The maximum atomic E-state index is 5.90. The molecule has 0 amide bonds. The number of nitrogens with one attached hydrogen (secondary N) is 1. The van der Waals surface area contributed by atoms with E-state index in [-0.39, 0.29) is 0 Å². The second kappa shape index (κ2) is 10.9. The van der Waals surface area contributed by atoms with Gasteiger partial charge in [-0.25, -0.2) is 0 Å². The van der Waals surface area contributed by atoms with E-state index in [9.17, 15) is 0 Å². The number of hydrogen-bond acceptors (Lipinski definition) is 3. The lowest BCUT2D eigenvalue weighted by Crippen LogP contribution is -2.34. The second-order valence-electron chi connectivity index (χ2n) is 9.04. The van der Waals surface area contributed by atoms with Crippen LogP contribution in [0, 0.1) is 13.8 Å². The molecular formula is C28H35N3OS. The lowest BCUT2D eigenvalue weighted by molar-refractivity contribution is 0.360. The molecule has 1 aliphatic heterocycles. The number of thiocarbonyl (C=S) groups is 1. The highest BCUT2D eigenvalue weighted by Crippen LogP contribution is 2.29. The molecular weight excluding hydrogens is 426 g/mol. The number of nitrogens with zero attached hydrogens (tertiary/aromatic N) is 2. The fourth-order valence-corrected chi connectivity index (χ4v) is 4.85. The first kappa shape index (κ1) is 23.4. The van der Waals surface area contributed by atoms with Crippen LogP contribution in [-0.2, 0) is 19.5 Å². The zero-order valence-corrected chi connectivity index (χ0v) is 20.9. The monoisotopic (exact) mass is 461 g/mol. The van der Waals surface area contributed by atoms with Crippen molar-refractivity contribution in [3.8, 4) is 0 Å². The Kier molecular flexibility index (Phi) is 7.71. The highest BCUT2D eigenvalue weighted by molar-refractivity contribution is 7.80. The van der Waals surface area contributed by atoms with E-state index in [2.05, 4.69) is 72.3 Å². The minimum Gasteiger partial charge on any atom is -0.467 e. The molecule has 4 rings (SSSR count). The van der Waals surface area contributed by atoms with Gasteiger partial charge in [-0.1, -0.05) is 43.7 Å². The van der Waals surface area contributed by atoms with E-state index in [1.807, 2.05) is 12.1 Å². The molecule has 5 heteroatoms. The Bertz CT molecular complexity index is 1060. The molecule has 3 aromatic rings. The Labute approximate surface area is 203 Å². The topological polar surface area (TPSA) is 31.6 Å². The molecule has 0 atom stereocenters. The van der Waals surface area contributed by atoms with Gasteiger partial charge >= 0.3 is 0 Å². The summed E-state index contributed by atoms with van der Waals surface area (Å²) < 4.78 is 5.66. The molecule has 0 saturated heterocycles. The summed E-state index contributed by atoms with van der Waals surface area (Å²) in [6.45, 7) is 10.2. The average molecular weight is 462 g/mol. The molecule has 2 heterocycles. The van der Waals surface area contributed by atoms with E-state index in [0.717, 1.165) is 31.0 Å². The summed E-state index contributed by atoms with van der Waals surface area (Å²) in [5, 5.41) is 4.23. The van der Waals surface area contributed by atoms with Crippen LogP contribution >= 0.6 is 12.2 Å². The Balaban J connectivity index is 1.55. The summed E-state index contributed by atoms with van der Waals surface area (Å²) in [6.07, 6.45) is 6.57. The molecule has 0 fully saturated rings. The number of unbranched alkanes of at least 4 members (excludes halogenated alkanes) is 1. The molecule has 174 valence electrons. The van der Waals surface area contributed by atoms with Gasteiger partial charge in [0.25, 0.3) is 0 Å². The normalized spacial score (nSPS) is 13.0. The van der Waals surface area contributed by atoms with Crippen molar-refractivity contribution in [1.82, 2.24) is 4.90 Å². The van der Waals surface area contributed by atoms with Gasteiger partial charge in [0, 0.05) is 31.0 Å². The Morgan fingerprint density at radius 2 is 1.91 bits per heavy atom. The number of benzene rings is 2. The molecule has 1 aliphatic rings. The fourth-order valence-electron chi connectivity index (χ4n) is 4.62. The highest BCUT2D eigenvalue weighted by atomic mass is 32.1. The first-order chi connectivity index (χ1) is 16.0. The van der Waals surface area contributed by atoms with Crippen LogP contribution in [0.5, 0.6) is 0 Å². The molecule has 0 bridgehead atoms. The van der Waals surface area contributed by atoms with E-state index < -0.39 is 0 Å². The Morgan fingerprint density at radius 3 is 2.64 bits per heavy atom. The molecule has 0 spiro atoms. The number of fused-ring (bicyclic) bond motifs is 1. The van der Waals surface area contributed by atoms with Crippen LogP contribution in [0.1, 0.15) is 54.2 Å². The van der Waals surface area contributed by atoms with Gasteiger partial charge in [0.2, 0.25) is 0 Å². The third-order valence-electron chi connectivity index (χ3n) is 6.44. The smallest absolute Gasteiger partial charge is 0.174 e. The first-order valence-electron chi connectivity index (χ1n) is 12.1. The van der Waals surface area contributed by atoms with Crippen molar-refractivity contribution >= 4 is 28.7 Å². The maximum Gasteiger partial charge on any atom is 0.174 e. The summed E-state index contributed by atoms with van der Waals surface area (Å²) in [7, 11) is 0. The molecule has 4 nitrogen and oxygen atoms in total. The average Bonchev–Trinajstić information content (AvgIpc) is 3.32. The molecule has 0 aliphatic carbocycles. The zero-order valence-electron chi connectivity index (χ0n) is 20.1. The maximum absolute atomic E-state index is 5.90. The van der Waals surface area contributed by atoms with E-state index >= 15 is 0 Å². The second-order valence-corrected chi connectivity index (χ2v) is 9.43. The summed E-state index contributed by atoms with van der Waals surface area (Å²) in [6, 6.07) is 17.2. The fraction of sp³-hybridized carbons (Fsp3) is 0.393. The van der Waals surface area contributed by atoms with Gasteiger partial charge in [0.1, 0.15) is 5.76 Å². The van der Waals surface area contributed by atoms with Gasteiger partial charge < -0.3 is 19.5 Å². The summed E-state index contributed by atoms with van der Waals surface area (Å²) in [4.78, 5) is 4.75. The van der Waals surface area contributed by atoms with Crippen LogP contribution in [-0.4, -0.2) is 23.1 Å². The van der Waals surface area contributed by atoms with Gasteiger partial charge in [-0.15, -0.1) is 0 Å². The van der Waals surface area contributed by atoms with Crippen molar-refractivity contribution in [2.24, 2.45) is 0 Å². The highest BCUT2D eigenvalue weighted by Gasteiger charge is 2.19. The number of anilines is 2. The zero-order chi connectivity index (χ0) is 23.2. The van der Waals surface area contributed by atoms with Crippen molar-refractivity contribution in [3.05, 3.63) is 82.8 Å². The predicted molar refractivity (Wildman–Crippen MR) is 142 cm³/mol. The van der Waals surface area contributed by atoms with E-state index in [4.69, 9.17) is 16.6 Å². The summed E-state index contributed by atoms with van der Waals surface area (Å²) in [5.41, 5.74) is 7.62. The Morgan fingerprint density at radius 1 is 1.09 bits per heavy atom. The van der Waals surface area contributed by atoms with Crippen molar-refractivity contribution in [1.29, 1.82) is 0 Å². The number of furan rings is 1. The van der Waals surface area contributed by atoms with Crippen LogP contribution in [0.2, 0.25) is 0 Å². The van der Waals surface area contributed by atoms with E-state index in [1.54, 1.807) is 6.26 Å². The predicted octanol–water partition coefficient (Wildman–Crippen LogP) is 6.85. The summed E-state index contributed by atoms with van der Waals surface area (Å²) in [5.74, 6) is 0.907. The minimum atomic E-state index is 0.628. The van der Waals surface area contributed by atoms with Crippen LogP contribution in [0.4, 0.5) is 11.4 Å². The summed E-state index contributed by atoms with van der Waals surface area (Å²) >= 11 is 5.90. The number of para-hydroxylation sites is 1. The van der Waals surface area contributed by atoms with Gasteiger partial charge in [-0.05, 0) is 85.8 Å². The van der Waals surface area contributed by atoms with Crippen molar-refractivity contribution in [2.75, 3.05) is 23.3 Å². The molecule has 0 radical (unpaired) electrons. The number of hydrogen-bond donors (Lipinski definition) is 1. The van der Waals surface area contributed by atoms with Crippen molar-refractivity contribution in [3.63, 3.8) is 0 Å². The van der Waals surface area contributed by atoms with E-state index in [0.29, 0.717) is 11.7 Å². The molecule has 0 saturated carbocycles. The van der Waals surface area contributed by atoms with E-state index in [1.165, 1.54) is 53.7 Å². The van der Waals surface area contributed by atoms with Gasteiger partial charge in [0.05, 0.1) is 12.8 Å². The Hall–Kier alpha value is -2.79.